The summed E-state index contributed by atoms with van der Waals surface area (Å²) in [6, 6.07) is 0. The third kappa shape index (κ3) is 8.33. The van der Waals surface area contributed by atoms with E-state index in [1.165, 1.54) is 25.7 Å². The summed E-state index contributed by atoms with van der Waals surface area (Å²) in [5, 5.41) is 9.03. The summed E-state index contributed by atoms with van der Waals surface area (Å²) < 4.78 is 0. The second-order valence-corrected chi connectivity index (χ2v) is 3.77. The van der Waals surface area contributed by atoms with Gasteiger partial charge in [0.05, 0.1) is 0 Å². The van der Waals surface area contributed by atoms with E-state index in [0.717, 1.165) is 12.8 Å². The Morgan fingerprint density at radius 3 is 2.62 bits per heavy atom. The molecule has 1 unspecified atom stereocenters. The number of aliphatic hydroxyl groups is 1. The first kappa shape index (κ1) is 13.0. The summed E-state index contributed by atoms with van der Waals surface area (Å²) >= 11 is 3.06. The van der Waals surface area contributed by atoms with E-state index in [1.807, 2.05) is 0 Å². The Labute approximate surface area is 90.0 Å². The SMILES string of the molecule is CCCCCCC(CO)CC#CBr. The van der Waals surface area contributed by atoms with Crippen LogP contribution >= 0.6 is 15.9 Å². The summed E-state index contributed by atoms with van der Waals surface area (Å²) in [6.07, 6.45) is 7.01. The number of halogens is 1. The molecule has 0 heterocycles. The minimum Gasteiger partial charge on any atom is -0.396 e. The lowest BCUT2D eigenvalue weighted by Crippen LogP contribution is -2.04. The van der Waals surface area contributed by atoms with Gasteiger partial charge in [-0.05, 0) is 17.2 Å². The smallest absolute Gasteiger partial charge is 0.0468 e. The second kappa shape index (κ2) is 10.1. The van der Waals surface area contributed by atoms with E-state index in [9.17, 15) is 0 Å². The van der Waals surface area contributed by atoms with Crippen molar-refractivity contribution in [2.75, 3.05) is 6.61 Å². The van der Waals surface area contributed by atoms with E-state index in [4.69, 9.17) is 5.11 Å². The Kier molecular flexibility index (Phi) is 10.1. The van der Waals surface area contributed by atoms with Crippen LogP contribution in [-0.2, 0) is 0 Å². The van der Waals surface area contributed by atoms with Crippen LogP contribution in [0.3, 0.4) is 0 Å². The summed E-state index contributed by atoms with van der Waals surface area (Å²) in [5.41, 5.74) is 0. The Balaban J connectivity index is 3.40. The van der Waals surface area contributed by atoms with Crippen molar-refractivity contribution in [3.8, 4) is 10.8 Å². The van der Waals surface area contributed by atoms with E-state index in [-0.39, 0.29) is 6.61 Å². The van der Waals surface area contributed by atoms with Gasteiger partial charge in [0, 0.05) is 29.0 Å². The van der Waals surface area contributed by atoms with Crippen LogP contribution in [-0.4, -0.2) is 11.7 Å². The molecule has 76 valence electrons. The van der Waals surface area contributed by atoms with Gasteiger partial charge in [0.1, 0.15) is 0 Å². The quantitative estimate of drug-likeness (QED) is 0.540. The van der Waals surface area contributed by atoms with Gasteiger partial charge < -0.3 is 5.11 Å². The normalized spacial score (nSPS) is 11.9. The third-order valence-electron chi connectivity index (χ3n) is 2.18. The van der Waals surface area contributed by atoms with Gasteiger partial charge in [-0.2, -0.15) is 0 Å². The predicted octanol–water partition coefficient (Wildman–Crippen LogP) is 3.31. The highest BCUT2D eigenvalue weighted by Crippen LogP contribution is 2.13. The van der Waals surface area contributed by atoms with Crippen molar-refractivity contribution < 1.29 is 5.11 Å². The zero-order valence-corrected chi connectivity index (χ0v) is 9.94. The molecule has 0 aromatic rings. The van der Waals surface area contributed by atoms with E-state index in [0.29, 0.717) is 5.92 Å². The molecular formula is C11H19BrO. The largest absolute Gasteiger partial charge is 0.396 e. The lowest BCUT2D eigenvalue weighted by atomic mass is 9.99. The number of rotatable bonds is 7. The first-order valence-corrected chi connectivity index (χ1v) is 5.83. The molecule has 0 spiro atoms. The lowest BCUT2D eigenvalue weighted by Gasteiger charge is -2.09. The molecule has 0 aliphatic rings. The Morgan fingerprint density at radius 2 is 2.08 bits per heavy atom. The fraction of sp³-hybridized carbons (Fsp3) is 0.818. The Morgan fingerprint density at radius 1 is 1.31 bits per heavy atom. The zero-order valence-electron chi connectivity index (χ0n) is 8.35. The van der Waals surface area contributed by atoms with Crippen molar-refractivity contribution >= 4 is 15.9 Å². The second-order valence-electron chi connectivity index (χ2n) is 3.37. The summed E-state index contributed by atoms with van der Waals surface area (Å²) in [6.45, 7) is 2.48. The molecule has 0 aliphatic carbocycles. The minimum absolute atomic E-state index is 0.272. The number of hydrogen-bond acceptors (Lipinski definition) is 1. The highest BCUT2D eigenvalue weighted by molar-refractivity contribution is 9.12. The maximum atomic E-state index is 9.03. The number of aliphatic hydroxyl groups excluding tert-OH is 1. The molecule has 1 atom stereocenters. The van der Waals surface area contributed by atoms with Crippen LogP contribution in [0.25, 0.3) is 0 Å². The number of hydrogen-bond donors (Lipinski definition) is 1. The van der Waals surface area contributed by atoms with Crippen LogP contribution in [0.4, 0.5) is 0 Å². The van der Waals surface area contributed by atoms with Gasteiger partial charge in [-0.25, -0.2) is 0 Å². The van der Waals surface area contributed by atoms with Crippen molar-refractivity contribution in [2.45, 2.75) is 45.4 Å². The molecule has 0 rings (SSSR count). The lowest BCUT2D eigenvalue weighted by molar-refractivity contribution is 0.218. The van der Waals surface area contributed by atoms with Crippen molar-refractivity contribution in [3.05, 3.63) is 0 Å². The molecule has 0 saturated carbocycles. The zero-order chi connectivity index (χ0) is 9.94. The third-order valence-corrected chi connectivity index (χ3v) is 2.46. The highest BCUT2D eigenvalue weighted by Gasteiger charge is 2.04. The fourth-order valence-corrected chi connectivity index (χ4v) is 1.46. The molecule has 0 amide bonds. The van der Waals surface area contributed by atoms with Crippen molar-refractivity contribution in [1.29, 1.82) is 0 Å². The molecule has 0 saturated heterocycles. The Hall–Kier alpha value is 0. The maximum absolute atomic E-state index is 9.03. The van der Waals surface area contributed by atoms with Crippen LogP contribution in [0.15, 0.2) is 0 Å². The monoisotopic (exact) mass is 246 g/mol. The molecule has 0 fully saturated rings. The fourth-order valence-electron chi connectivity index (χ4n) is 1.30. The first-order chi connectivity index (χ1) is 6.35. The van der Waals surface area contributed by atoms with Crippen molar-refractivity contribution in [2.24, 2.45) is 5.92 Å². The molecule has 0 radical (unpaired) electrons. The predicted molar refractivity (Wildman–Crippen MR) is 60.7 cm³/mol. The average molecular weight is 247 g/mol. The van der Waals surface area contributed by atoms with Crippen molar-refractivity contribution in [1.82, 2.24) is 0 Å². The first-order valence-electron chi connectivity index (χ1n) is 5.04. The van der Waals surface area contributed by atoms with Gasteiger partial charge in [-0.15, -0.1) is 0 Å². The summed E-state index contributed by atoms with van der Waals surface area (Å²) in [5.74, 6) is 3.32. The molecule has 2 heteroatoms. The highest BCUT2D eigenvalue weighted by atomic mass is 79.9. The van der Waals surface area contributed by atoms with Crippen LogP contribution in [0.1, 0.15) is 45.4 Å². The van der Waals surface area contributed by atoms with Gasteiger partial charge in [-0.1, -0.05) is 38.5 Å². The number of unbranched alkanes of at least 4 members (excludes halogenated alkanes) is 3. The molecule has 1 N–H and O–H groups in total. The van der Waals surface area contributed by atoms with Gasteiger partial charge in [0.15, 0.2) is 0 Å². The molecular weight excluding hydrogens is 228 g/mol. The van der Waals surface area contributed by atoms with Gasteiger partial charge in [0.25, 0.3) is 0 Å². The van der Waals surface area contributed by atoms with Crippen LogP contribution < -0.4 is 0 Å². The minimum atomic E-state index is 0.272. The standard InChI is InChI=1S/C11H19BrO/c1-2-3-4-5-7-11(10-13)8-6-9-12/h11,13H,2-5,7-8,10H2,1H3. The summed E-state index contributed by atoms with van der Waals surface area (Å²) in [4.78, 5) is 2.69. The van der Waals surface area contributed by atoms with E-state index in [1.54, 1.807) is 0 Å². The summed E-state index contributed by atoms with van der Waals surface area (Å²) in [7, 11) is 0. The average Bonchev–Trinajstić information content (AvgIpc) is 2.17. The topological polar surface area (TPSA) is 20.2 Å². The van der Waals surface area contributed by atoms with Crippen LogP contribution in [0, 0.1) is 16.7 Å². The molecule has 0 aromatic carbocycles. The molecule has 1 nitrogen and oxygen atoms in total. The molecule has 13 heavy (non-hydrogen) atoms. The molecule has 0 bridgehead atoms. The van der Waals surface area contributed by atoms with Crippen molar-refractivity contribution in [3.63, 3.8) is 0 Å². The van der Waals surface area contributed by atoms with Crippen LogP contribution in [0.5, 0.6) is 0 Å². The molecule has 0 aromatic heterocycles. The van der Waals surface area contributed by atoms with Gasteiger partial charge >= 0.3 is 0 Å². The molecule has 0 aliphatic heterocycles. The van der Waals surface area contributed by atoms with E-state index < -0.39 is 0 Å². The van der Waals surface area contributed by atoms with Gasteiger partial charge in [-0.3, -0.25) is 0 Å². The van der Waals surface area contributed by atoms with E-state index in [2.05, 4.69) is 33.6 Å². The Bertz CT molecular complexity index is 157. The van der Waals surface area contributed by atoms with E-state index >= 15 is 0 Å². The maximum Gasteiger partial charge on any atom is 0.0468 e. The van der Waals surface area contributed by atoms with Crippen LogP contribution in [0.2, 0.25) is 0 Å². The van der Waals surface area contributed by atoms with Gasteiger partial charge in [0.2, 0.25) is 0 Å².